The number of nitrogens with one attached hydrogen (secondary N) is 1. The Morgan fingerprint density at radius 1 is 1.10 bits per heavy atom. The molecule has 2 aromatic carbocycles. The Morgan fingerprint density at radius 3 is 2.60 bits per heavy atom. The highest BCUT2D eigenvalue weighted by Gasteiger charge is 2.36. The maximum atomic E-state index is 12.9. The van der Waals surface area contributed by atoms with Crippen LogP contribution in [-0.2, 0) is 4.79 Å². The number of carbonyl (C=O) groups is 1. The van der Waals surface area contributed by atoms with Gasteiger partial charge in [-0.25, -0.2) is 4.68 Å². The van der Waals surface area contributed by atoms with E-state index in [1.807, 2.05) is 48.0 Å². The van der Waals surface area contributed by atoms with Crippen molar-refractivity contribution in [3.8, 4) is 17.1 Å². The highest BCUT2D eigenvalue weighted by Crippen LogP contribution is 2.40. The van der Waals surface area contributed by atoms with Crippen LogP contribution in [0.2, 0.25) is 0 Å². The number of benzene rings is 2. The van der Waals surface area contributed by atoms with E-state index in [1.54, 1.807) is 0 Å². The molecular formula is C24H24N4O2. The zero-order chi connectivity index (χ0) is 20.7. The molecule has 0 radical (unpaired) electrons. The molecule has 1 unspecified atom stereocenters. The van der Waals surface area contributed by atoms with Gasteiger partial charge in [0.2, 0.25) is 5.95 Å². The number of aromatic nitrogens is 3. The summed E-state index contributed by atoms with van der Waals surface area (Å²) in [4.78, 5) is 17.7. The molecule has 1 N–H and O–H groups in total. The third-order valence-corrected chi connectivity index (χ3v) is 5.68. The van der Waals surface area contributed by atoms with Crippen molar-refractivity contribution in [1.82, 2.24) is 14.8 Å². The fourth-order valence-corrected chi connectivity index (χ4v) is 4.20. The van der Waals surface area contributed by atoms with E-state index in [0.29, 0.717) is 24.8 Å². The first kappa shape index (κ1) is 18.6. The molecule has 0 saturated heterocycles. The van der Waals surface area contributed by atoms with Crippen molar-refractivity contribution in [2.45, 2.75) is 39.2 Å². The minimum absolute atomic E-state index is 0.181. The van der Waals surface area contributed by atoms with Crippen molar-refractivity contribution >= 4 is 11.7 Å². The predicted octanol–water partition coefficient (Wildman–Crippen LogP) is 4.67. The Kier molecular flexibility index (Phi) is 4.62. The van der Waals surface area contributed by atoms with Gasteiger partial charge in [-0.1, -0.05) is 42.0 Å². The molecule has 0 amide bonds. The molecule has 1 aliphatic carbocycles. The summed E-state index contributed by atoms with van der Waals surface area (Å²) in [7, 11) is 0. The number of fused-ring (bicyclic) bond motifs is 1. The van der Waals surface area contributed by atoms with Gasteiger partial charge in [0, 0.05) is 23.3 Å². The number of rotatable bonds is 4. The van der Waals surface area contributed by atoms with Gasteiger partial charge in [-0.05, 0) is 44.4 Å². The molecule has 3 aromatic rings. The first-order valence-electron chi connectivity index (χ1n) is 10.4. The van der Waals surface area contributed by atoms with E-state index in [0.717, 1.165) is 41.0 Å². The van der Waals surface area contributed by atoms with Gasteiger partial charge in [0.15, 0.2) is 11.6 Å². The second kappa shape index (κ2) is 7.44. The van der Waals surface area contributed by atoms with Crippen LogP contribution in [-0.4, -0.2) is 27.2 Å². The molecule has 30 heavy (non-hydrogen) atoms. The van der Waals surface area contributed by atoms with Crippen molar-refractivity contribution in [3.63, 3.8) is 0 Å². The molecule has 1 atom stereocenters. The van der Waals surface area contributed by atoms with Gasteiger partial charge >= 0.3 is 0 Å². The lowest BCUT2D eigenvalue weighted by atomic mass is 9.85. The van der Waals surface area contributed by atoms with Crippen LogP contribution < -0.4 is 10.1 Å². The Labute approximate surface area is 175 Å². The molecule has 2 heterocycles. The fourth-order valence-electron chi connectivity index (χ4n) is 4.20. The topological polar surface area (TPSA) is 69.0 Å². The smallest absolute Gasteiger partial charge is 0.226 e. The maximum Gasteiger partial charge on any atom is 0.226 e. The van der Waals surface area contributed by atoms with Crippen LogP contribution in [0.3, 0.4) is 0 Å². The summed E-state index contributed by atoms with van der Waals surface area (Å²) in [5.41, 5.74) is 4.93. The third kappa shape index (κ3) is 3.18. The summed E-state index contributed by atoms with van der Waals surface area (Å²) in [5.74, 6) is 2.33. The van der Waals surface area contributed by atoms with Crippen LogP contribution in [0.1, 0.15) is 43.4 Å². The normalized spacial score (nSPS) is 17.9. The zero-order valence-corrected chi connectivity index (χ0v) is 17.2. The fraction of sp³-hybridized carbons (Fsp3) is 0.292. The standard InChI is InChI=1S/C24H24N4O2/c1-3-30-18-13-11-16(12-14-18)22-21-19(5-4-6-20(21)29)25-24-26-23(27-28(22)24)17-9-7-15(2)8-10-17/h7-14,22H,3-6H2,1-2H3,(H,25,26,27). The quantitative estimate of drug-likeness (QED) is 0.689. The van der Waals surface area contributed by atoms with Crippen LogP contribution in [0.4, 0.5) is 5.95 Å². The SMILES string of the molecule is CCOc1ccc(C2C3=C(CCCC3=O)Nc3nc(-c4ccc(C)cc4)nn32)cc1. The van der Waals surface area contributed by atoms with E-state index in [4.69, 9.17) is 14.8 Å². The van der Waals surface area contributed by atoms with Gasteiger partial charge in [0.1, 0.15) is 11.8 Å². The summed E-state index contributed by atoms with van der Waals surface area (Å²) in [6.07, 6.45) is 2.28. The minimum atomic E-state index is -0.286. The molecule has 0 spiro atoms. The third-order valence-electron chi connectivity index (χ3n) is 5.68. The monoisotopic (exact) mass is 400 g/mol. The van der Waals surface area contributed by atoms with Crippen LogP contribution in [0, 0.1) is 6.92 Å². The lowest BCUT2D eigenvalue weighted by Crippen LogP contribution is -2.31. The molecule has 1 aliphatic heterocycles. The molecular weight excluding hydrogens is 376 g/mol. The van der Waals surface area contributed by atoms with Crippen LogP contribution in [0.15, 0.2) is 59.8 Å². The molecule has 2 aliphatic rings. The minimum Gasteiger partial charge on any atom is -0.494 e. The van der Waals surface area contributed by atoms with Gasteiger partial charge in [0.25, 0.3) is 0 Å². The number of Topliss-reactive ketones (excluding diaryl/α,β-unsaturated/α-hetero) is 1. The summed E-state index contributed by atoms with van der Waals surface area (Å²) in [6, 6.07) is 15.8. The van der Waals surface area contributed by atoms with Crippen molar-refractivity contribution in [1.29, 1.82) is 0 Å². The molecule has 0 bridgehead atoms. The number of anilines is 1. The van der Waals surface area contributed by atoms with Crippen LogP contribution in [0.25, 0.3) is 11.4 Å². The summed E-state index contributed by atoms with van der Waals surface area (Å²) >= 11 is 0. The summed E-state index contributed by atoms with van der Waals surface area (Å²) in [5, 5.41) is 8.20. The average Bonchev–Trinajstić information content (AvgIpc) is 3.17. The number of hydrogen-bond acceptors (Lipinski definition) is 5. The number of allylic oxidation sites excluding steroid dienone is 2. The van der Waals surface area contributed by atoms with Crippen molar-refractivity contribution in [3.05, 3.63) is 70.9 Å². The zero-order valence-electron chi connectivity index (χ0n) is 17.2. The Morgan fingerprint density at radius 2 is 1.87 bits per heavy atom. The van der Waals surface area contributed by atoms with E-state index < -0.39 is 0 Å². The Balaban J connectivity index is 1.62. The first-order valence-corrected chi connectivity index (χ1v) is 10.4. The van der Waals surface area contributed by atoms with E-state index in [2.05, 4.69) is 24.4 Å². The lowest BCUT2D eigenvalue weighted by Gasteiger charge is -2.32. The average molecular weight is 400 g/mol. The van der Waals surface area contributed by atoms with Gasteiger partial charge in [0.05, 0.1) is 6.61 Å². The van der Waals surface area contributed by atoms with Crippen LogP contribution in [0.5, 0.6) is 5.75 Å². The van der Waals surface area contributed by atoms with Gasteiger partial charge < -0.3 is 10.1 Å². The number of ether oxygens (including phenoxy) is 1. The van der Waals surface area contributed by atoms with E-state index in [-0.39, 0.29) is 11.8 Å². The Bertz CT molecular complexity index is 1130. The van der Waals surface area contributed by atoms with E-state index in [1.165, 1.54) is 5.56 Å². The number of carbonyl (C=O) groups excluding carboxylic acids is 1. The van der Waals surface area contributed by atoms with E-state index in [9.17, 15) is 4.79 Å². The summed E-state index contributed by atoms with van der Waals surface area (Å²) < 4.78 is 7.45. The lowest BCUT2D eigenvalue weighted by molar-refractivity contribution is -0.116. The molecule has 6 nitrogen and oxygen atoms in total. The summed E-state index contributed by atoms with van der Waals surface area (Å²) in [6.45, 7) is 4.64. The van der Waals surface area contributed by atoms with Crippen LogP contribution >= 0.6 is 0 Å². The first-order chi connectivity index (χ1) is 14.6. The molecule has 6 heteroatoms. The van der Waals surface area contributed by atoms with Crippen molar-refractivity contribution in [2.24, 2.45) is 0 Å². The molecule has 5 rings (SSSR count). The molecule has 0 saturated carbocycles. The van der Waals surface area contributed by atoms with Gasteiger partial charge in [-0.15, -0.1) is 5.10 Å². The number of aryl methyl sites for hydroxylation is 1. The molecule has 152 valence electrons. The highest BCUT2D eigenvalue weighted by atomic mass is 16.5. The van der Waals surface area contributed by atoms with Gasteiger partial charge in [-0.3, -0.25) is 4.79 Å². The van der Waals surface area contributed by atoms with Crippen molar-refractivity contribution < 1.29 is 9.53 Å². The van der Waals surface area contributed by atoms with Gasteiger partial charge in [-0.2, -0.15) is 4.98 Å². The molecule has 1 aromatic heterocycles. The maximum absolute atomic E-state index is 12.9. The highest BCUT2D eigenvalue weighted by molar-refractivity contribution is 5.99. The van der Waals surface area contributed by atoms with E-state index >= 15 is 0 Å². The molecule has 0 fully saturated rings. The number of ketones is 1. The second-order valence-corrected chi connectivity index (χ2v) is 7.77. The van der Waals surface area contributed by atoms with Crippen molar-refractivity contribution in [2.75, 3.05) is 11.9 Å². The predicted molar refractivity (Wildman–Crippen MR) is 115 cm³/mol. The largest absolute Gasteiger partial charge is 0.494 e. The number of hydrogen-bond donors (Lipinski definition) is 1. The second-order valence-electron chi connectivity index (χ2n) is 7.77. The Hall–Kier alpha value is -3.41. The number of nitrogens with zero attached hydrogens (tertiary/aromatic N) is 3.